The van der Waals surface area contributed by atoms with Gasteiger partial charge in [-0.15, -0.1) is 0 Å². The van der Waals surface area contributed by atoms with Crippen molar-refractivity contribution in [2.75, 3.05) is 5.32 Å². The van der Waals surface area contributed by atoms with Crippen molar-refractivity contribution in [3.8, 4) is 17.0 Å². The molecule has 1 aliphatic rings. The molecule has 1 fully saturated rings. The summed E-state index contributed by atoms with van der Waals surface area (Å²) in [7, 11) is 0. The second-order valence-corrected chi connectivity index (χ2v) is 6.75. The summed E-state index contributed by atoms with van der Waals surface area (Å²) in [5.41, 5.74) is 3.34. The van der Waals surface area contributed by atoms with Crippen LogP contribution >= 0.6 is 0 Å². The number of carbonyl (C=O) groups is 1. The van der Waals surface area contributed by atoms with Gasteiger partial charge in [-0.2, -0.15) is 5.10 Å². The van der Waals surface area contributed by atoms with Crippen LogP contribution in [-0.2, 0) is 4.79 Å². The molecule has 1 aliphatic carbocycles. The zero-order valence-corrected chi connectivity index (χ0v) is 14.5. The highest BCUT2D eigenvalue weighted by Gasteiger charge is 2.26. The first kappa shape index (κ1) is 16.6. The Morgan fingerprint density at radius 1 is 1.38 bits per heavy atom. The van der Waals surface area contributed by atoms with Crippen LogP contribution in [0.1, 0.15) is 64.1 Å². The van der Waals surface area contributed by atoms with E-state index in [1.54, 1.807) is 18.2 Å². The molecule has 24 heavy (non-hydrogen) atoms. The Hall–Kier alpha value is -2.30. The van der Waals surface area contributed by atoms with Gasteiger partial charge in [-0.05, 0) is 51.0 Å². The van der Waals surface area contributed by atoms with Crippen molar-refractivity contribution in [2.24, 2.45) is 0 Å². The molecule has 0 atom stereocenters. The van der Waals surface area contributed by atoms with Gasteiger partial charge in [0.1, 0.15) is 5.75 Å². The lowest BCUT2D eigenvalue weighted by Crippen LogP contribution is -2.16. The van der Waals surface area contributed by atoms with Crippen LogP contribution in [0, 0.1) is 0 Å². The van der Waals surface area contributed by atoms with Gasteiger partial charge in [0.25, 0.3) is 0 Å². The highest BCUT2D eigenvalue weighted by atomic mass is 16.3. The summed E-state index contributed by atoms with van der Waals surface area (Å²) < 4.78 is 2.07. The molecule has 2 aromatic rings. The minimum Gasteiger partial charge on any atom is -0.507 e. The second-order valence-electron chi connectivity index (χ2n) is 6.75. The number of rotatable bonds is 5. The molecular formula is C19H25N3O2. The molecule has 5 nitrogen and oxygen atoms in total. The largest absolute Gasteiger partial charge is 0.507 e. The van der Waals surface area contributed by atoms with Crippen molar-refractivity contribution in [3.63, 3.8) is 0 Å². The summed E-state index contributed by atoms with van der Waals surface area (Å²) in [4.78, 5) is 11.6. The molecule has 0 spiro atoms. The van der Waals surface area contributed by atoms with E-state index < -0.39 is 0 Å². The fraction of sp³-hybridized carbons (Fsp3) is 0.474. The van der Waals surface area contributed by atoms with E-state index in [0.29, 0.717) is 23.6 Å². The van der Waals surface area contributed by atoms with Crippen molar-refractivity contribution >= 4 is 11.6 Å². The fourth-order valence-corrected chi connectivity index (χ4v) is 3.03. The van der Waals surface area contributed by atoms with Crippen molar-refractivity contribution in [2.45, 2.75) is 58.4 Å². The van der Waals surface area contributed by atoms with Crippen LogP contribution in [0.5, 0.6) is 5.75 Å². The summed E-state index contributed by atoms with van der Waals surface area (Å²) in [6.45, 7) is 6.05. The molecule has 1 aromatic heterocycles. The highest BCUT2D eigenvalue weighted by molar-refractivity contribution is 5.91. The molecular weight excluding hydrogens is 302 g/mol. The number of hydrogen-bond donors (Lipinski definition) is 2. The van der Waals surface area contributed by atoms with Gasteiger partial charge in [0.15, 0.2) is 0 Å². The highest BCUT2D eigenvalue weighted by Crippen LogP contribution is 2.40. The van der Waals surface area contributed by atoms with Gasteiger partial charge >= 0.3 is 0 Å². The van der Waals surface area contributed by atoms with E-state index in [1.165, 1.54) is 25.0 Å². The Bertz CT molecular complexity index is 745. The molecule has 1 amide bonds. The SMILES string of the molecule is CCC(=O)Nc1ccc(O)c(-c2cc(C3CCC3)n(C(C)C)n2)c1. The van der Waals surface area contributed by atoms with Crippen LogP contribution < -0.4 is 5.32 Å². The standard InChI is InChI=1S/C19H25N3O2/c1-4-19(24)20-14-8-9-18(23)15(10-14)16-11-17(13-6-5-7-13)22(21-16)12(2)3/h8-13,23H,4-7H2,1-3H3,(H,20,24). The van der Waals surface area contributed by atoms with Crippen molar-refractivity contribution in [3.05, 3.63) is 30.0 Å². The van der Waals surface area contributed by atoms with Gasteiger partial charge in [-0.3, -0.25) is 9.48 Å². The molecule has 0 saturated heterocycles. The van der Waals surface area contributed by atoms with Crippen molar-refractivity contribution in [1.29, 1.82) is 0 Å². The second kappa shape index (κ2) is 6.67. The van der Waals surface area contributed by atoms with Gasteiger partial charge in [0.05, 0.1) is 5.69 Å². The van der Waals surface area contributed by atoms with Crippen LogP contribution in [0.4, 0.5) is 5.69 Å². The third-order valence-corrected chi connectivity index (χ3v) is 4.65. The number of nitrogens with one attached hydrogen (secondary N) is 1. The average molecular weight is 327 g/mol. The zero-order valence-electron chi connectivity index (χ0n) is 14.5. The molecule has 128 valence electrons. The van der Waals surface area contributed by atoms with Crippen molar-refractivity contribution in [1.82, 2.24) is 9.78 Å². The average Bonchev–Trinajstić information content (AvgIpc) is 2.92. The van der Waals surface area contributed by atoms with Gasteiger partial charge in [-0.25, -0.2) is 0 Å². The topological polar surface area (TPSA) is 67.2 Å². The molecule has 2 N–H and O–H groups in total. The van der Waals surface area contributed by atoms with Gasteiger partial charge in [0, 0.05) is 35.3 Å². The summed E-state index contributed by atoms with van der Waals surface area (Å²) in [5, 5.41) is 17.8. The number of phenolic OH excluding ortho intramolecular Hbond substituents is 1. The van der Waals surface area contributed by atoms with Gasteiger partial charge in [0.2, 0.25) is 5.91 Å². The molecule has 5 heteroatoms. The molecule has 0 unspecified atom stereocenters. The minimum atomic E-state index is -0.0468. The Balaban J connectivity index is 1.98. The van der Waals surface area contributed by atoms with E-state index in [4.69, 9.17) is 5.10 Å². The van der Waals surface area contributed by atoms with E-state index in [0.717, 1.165) is 5.69 Å². The van der Waals surface area contributed by atoms with Gasteiger partial charge < -0.3 is 10.4 Å². The maximum Gasteiger partial charge on any atom is 0.224 e. The molecule has 0 bridgehead atoms. The summed E-state index contributed by atoms with van der Waals surface area (Å²) >= 11 is 0. The van der Waals surface area contributed by atoms with Crippen LogP contribution in [0.15, 0.2) is 24.3 Å². The van der Waals surface area contributed by atoms with Gasteiger partial charge in [-0.1, -0.05) is 13.3 Å². The van der Waals surface area contributed by atoms with E-state index in [9.17, 15) is 9.90 Å². The zero-order chi connectivity index (χ0) is 17.3. The minimum absolute atomic E-state index is 0.0468. The lowest BCUT2D eigenvalue weighted by Gasteiger charge is -2.27. The molecule has 1 heterocycles. The van der Waals surface area contributed by atoms with Crippen LogP contribution in [-0.4, -0.2) is 20.8 Å². The lowest BCUT2D eigenvalue weighted by atomic mass is 9.82. The van der Waals surface area contributed by atoms with E-state index in [2.05, 4.69) is 29.9 Å². The lowest BCUT2D eigenvalue weighted by molar-refractivity contribution is -0.115. The first-order valence-electron chi connectivity index (χ1n) is 8.72. The number of hydrogen-bond acceptors (Lipinski definition) is 3. The number of carbonyl (C=O) groups excluding carboxylic acids is 1. The third kappa shape index (κ3) is 3.16. The maximum absolute atomic E-state index is 11.6. The molecule has 1 aromatic carbocycles. The number of phenols is 1. The first-order chi connectivity index (χ1) is 11.5. The van der Waals surface area contributed by atoms with E-state index >= 15 is 0 Å². The quantitative estimate of drug-likeness (QED) is 0.797. The van der Waals surface area contributed by atoms with Crippen LogP contribution in [0.3, 0.4) is 0 Å². The predicted molar refractivity (Wildman–Crippen MR) is 95.2 cm³/mol. The number of nitrogens with zero attached hydrogens (tertiary/aromatic N) is 2. The first-order valence-corrected chi connectivity index (χ1v) is 8.72. The van der Waals surface area contributed by atoms with E-state index in [1.807, 2.05) is 6.92 Å². The van der Waals surface area contributed by atoms with E-state index in [-0.39, 0.29) is 17.7 Å². The molecule has 3 rings (SSSR count). The molecule has 0 radical (unpaired) electrons. The number of amides is 1. The number of aromatic hydroxyl groups is 1. The predicted octanol–water partition coefficient (Wildman–Crippen LogP) is 4.45. The molecule has 1 saturated carbocycles. The Kier molecular flexibility index (Phi) is 4.60. The smallest absolute Gasteiger partial charge is 0.224 e. The number of benzene rings is 1. The Morgan fingerprint density at radius 2 is 2.12 bits per heavy atom. The van der Waals surface area contributed by atoms with Crippen molar-refractivity contribution < 1.29 is 9.90 Å². The normalized spacial score (nSPS) is 14.7. The van der Waals surface area contributed by atoms with Crippen LogP contribution in [0.2, 0.25) is 0 Å². The maximum atomic E-state index is 11.6. The Morgan fingerprint density at radius 3 is 2.71 bits per heavy atom. The summed E-state index contributed by atoms with van der Waals surface area (Å²) in [6.07, 6.45) is 4.10. The number of anilines is 1. The third-order valence-electron chi connectivity index (χ3n) is 4.65. The molecule has 0 aliphatic heterocycles. The summed E-state index contributed by atoms with van der Waals surface area (Å²) in [6, 6.07) is 7.47. The Labute approximate surface area is 142 Å². The monoisotopic (exact) mass is 327 g/mol. The van der Waals surface area contributed by atoms with Crippen LogP contribution in [0.25, 0.3) is 11.3 Å². The number of aromatic nitrogens is 2. The fourth-order valence-electron chi connectivity index (χ4n) is 3.03. The summed E-state index contributed by atoms with van der Waals surface area (Å²) in [5.74, 6) is 0.700.